The summed E-state index contributed by atoms with van der Waals surface area (Å²) < 4.78 is 0. The summed E-state index contributed by atoms with van der Waals surface area (Å²) in [6, 6.07) is 6.54. The lowest BCUT2D eigenvalue weighted by molar-refractivity contribution is -0.149. The van der Waals surface area contributed by atoms with Crippen molar-refractivity contribution in [2.45, 2.75) is 134 Å². The number of hydrogen-bond donors (Lipinski definition) is 4. The zero-order valence-corrected chi connectivity index (χ0v) is 29.3. The van der Waals surface area contributed by atoms with Crippen molar-refractivity contribution in [1.82, 2.24) is 25.8 Å². The van der Waals surface area contributed by atoms with Gasteiger partial charge in [-0.25, -0.2) is 4.79 Å². The van der Waals surface area contributed by atoms with E-state index in [1.165, 1.54) is 48.3 Å². The average molecular weight is 684 g/mol. The lowest BCUT2D eigenvalue weighted by atomic mass is 10.0. The van der Waals surface area contributed by atoms with Crippen LogP contribution in [0.2, 0.25) is 0 Å². The van der Waals surface area contributed by atoms with Crippen LogP contribution in [0, 0.1) is 0 Å². The van der Waals surface area contributed by atoms with Gasteiger partial charge in [-0.05, 0) is 37.7 Å². The summed E-state index contributed by atoms with van der Waals surface area (Å²) in [5, 5.41) is 18.0. The molecule has 12 heteroatoms. The monoisotopic (exact) mass is 683 g/mol. The molecule has 5 amide bonds. The lowest BCUT2D eigenvalue weighted by Crippen LogP contribution is -2.56. The van der Waals surface area contributed by atoms with Gasteiger partial charge in [0.05, 0.1) is 0 Å². The van der Waals surface area contributed by atoms with Gasteiger partial charge in [0.15, 0.2) is 0 Å². The molecule has 1 aromatic carbocycles. The number of likely N-dealkylation sites (tertiary alicyclic amines) is 2. The van der Waals surface area contributed by atoms with Gasteiger partial charge in [0.1, 0.15) is 18.1 Å². The van der Waals surface area contributed by atoms with E-state index in [1.54, 1.807) is 0 Å². The van der Waals surface area contributed by atoms with Crippen LogP contribution in [0.25, 0.3) is 0 Å². The first-order chi connectivity index (χ1) is 23.7. The van der Waals surface area contributed by atoms with Crippen LogP contribution in [0.15, 0.2) is 30.3 Å². The number of nitrogens with zero attached hydrogens (tertiary/aromatic N) is 2. The number of amides is 5. The summed E-state index contributed by atoms with van der Waals surface area (Å²) in [7, 11) is 0. The fourth-order valence-electron chi connectivity index (χ4n) is 6.68. The van der Waals surface area contributed by atoms with E-state index in [0.717, 1.165) is 24.8 Å². The molecule has 49 heavy (non-hydrogen) atoms. The first kappa shape index (κ1) is 39.5. The average Bonchev–Trinajstić information content (AvgIpc) is 3.79. The molecule has 0 aromatic heterocycles. The standard InChI is InChI=1S/C37H57N5O7/c1-2-3-4-5-6-7-8-9-13-20-32(43)38-23-21-33(44)39-24-22-34(45)41-25-14-18-30(41)35(46)40-29(27-28-16-11-10-12-17-28)36(47)42-26-15-19-31(42)37(48)49/h10-12,16-17,29-31H,2-9,13-15,18-27H2,1H3,(H,38,43)(H,39,44)(H,40,46)(H,48,49)/t29-,30-,31-/m0/s1. The molecular weight excluding hydrogens is 626 g/mol. The number of rotatable bonds is 22. The first-order valence-electron chi connectivity index (χ1n) is 18.4. The summed E-state index contributed by atoms with van der Waals surface area (Å²) in [5.41, 5.74) is 0.820. The smallest absolute Gasteiger partial charge is 0.326 e. The van der Waals surface area contributed by atoms with Crippen molar-refractivity contribution in [2.24, 2.45) is 0 Å². The predicted molar refractivity (Wildman–Crippen MR) is 186 cm³/mol. The third-order valence-corrected chi connectivity index (χ3v) is 9.44. The molecule has 0 saturated carbocycles. The van der Waals surface area contributed by atoms with Crippen molar-refractivity contribution in [2.75, 3.05) is 26.2 Å². The topological polar surface area (TPSA) is 165 Å². The van der Waals surface area contributed by atoms with Crippen molar-refractivity contribution in [3.63, 3.8) is 0 Å². The van der Waals surface area contributed by atoms with Gasteiger partial charge in [0, 0.05) is 51.9 Å². The number of unbranched alkanes of at least 4 members (excludes halogenated alkanes) is 8. The molecule has 12 nitrogen and oxygen atoms in total. The molecule has 0 aliphatic carbocycles. The van der Waals surface area contributed by atoms with Gasteiger partial charge in [0.25, 0.3) is 0 Å². The number of benzene rings is 1. The van der Waals surface area contributed by atoms with Crippen molar-refractivity contribution < 1.29 is 33.9 Å². The Morgan fingerprint density at radius 3 is 1.96 bits per heavy atom. The number of aliphatic carboxylic acids is 1. The van der Waals surface area contributed by atoms with Crippen LogP contribution in [0.3, 0.4) is 0 Å². The van der Waals surface area contributed by atoms with Crippen LogP contribution >= 0.6 is 0 Å². The zero-order valence-electron chi connectivity index (χ0n) is 29.3. The van der Waals surface area contributed by atoms with Crippen LogP contribution in [-0.2, 0) is 35.2 Å². The van der Waals surface area contributed by atoms with E-state index >= 15 is 0 Å². The molecule has 3 rings (SSSR count). The summed E-state index contributed by atoms with van der Waals surface area (Å²) in [4.78, 5) is 79.2. The highest BCUT2D eigenvalue weighted by Gasteiger charge is 2.40. The Balaban J connectivity index is 1.38. The molecule has 4 N–H and O–H groups in total. The Kier molecular flexibility index (Phi) is 17.6. The second-order valence-corrected chi connectivity index (χ2v) is 13.3. The Bertz CT molecular complexity index is 1230. The maximum absolute atomic E-state index is 13.6. The quantitative estimate of drug-likeness (QED) is 0.135. The molecular formula is C37H57N5O7. The van der Waals surface area contributed by atoms with Gasteiger partial charge in [-0.2, -0.15) is 0 Å². The minimum absolute atomic E-state index is 0.0148. The van der Waals surface area contributed by atoms with Crippen molar-refractivity contribution >= 4 is 35.5 Å². The minimum Gasteiger partial charge on any atom is -0.480 e. The molecule has 2 saturated heterocycles. The Morgan fingerprint density at radius 1 is 0.735 bits per heavy atom. The van der Waals surface area contributed by atoms with Crippen LogP contribution in [0.4, 0.5) is 0 Å². The van der Waals surface area contributed by atoms with Crippen LogP contribution in [0.1, 0.15) is 115 Å². The van der Waals surface area contributed by atoms with E-state index in [-0.39, 0.29) is 50.1 Å². The molecule has 0 radical (unpaired) electrons. The number of nitrogens with one attached hydrogen (secondary N) is 3. The van der Waals surface area contributed by atoms with E-state index in [4.69, 9.17) is 0 Å². The number of hydrogen-bond acceptors (Lipinski definition) is 6. The van der Waals surface area contributed by atoms with Crippen molar-refractivity contribution in [1.29, 1.82) is 0 Å². The molecule has 0 unspecified atom stereocenters. The number of carboxylic acids is 1. The number of carbonyl (C=O) groups is 6. The highest BCUT2D eigenvalue weighted by Crippen LogP contribution is 2.22. The second kappa shape index (κ2) is 21.9. The number of carboxylic acid groups (broad SMARTS) is 1. The van der Waals surface area contributed by atoms with Gasteiger partial charge in [-0.1, -0.05) is 88.6 Å². The summed E-state index contributed by atoms with van der Waals surface area (Å²) in [5.74, 6) is -2.56. The van der Waals surface area contributed by atoms with Gasteiger partial charge in [-0.15, -0.1) is 0 Å². The molecule has 0 spiro atoms. The Morgan fingerprint density at radius 2 is 1.31 bits per heavy atom. The lowest BCUT2D eigenvalue weighted by Gasteiger charge is -2.30. The highest BCUT2D eigenvalue weighted by molar-refractivity contribution is 5.94. The first-order valence-corrected chi connectivity index (χ1v) is 18.4. The molecule has 0 bridgehead atoms. The summed E-state index contributed by atoms with van der Waals surface area (Å²) in [6.07, 6.45) is 13.4. The predicted octanol–water partition coefficient (Wildman–Crippen LogP) is 3.71. The molecule has 3 atom stereocenters. The SMILES string of the molecule is CCCCCCCCCCCC(=O)NCCC(=O)NCCC(=O)N1CCC[C@H]1C(=O)N[C@@H](Cc1ccccc1)C(=O)N1CCC[C@H]1C(=O)O. The largest absolute Gasteiger partial charge is 0.480 e. The highest BCUT2D eigenvalue weighted by atomic mass is 16.4. The molecule has 2 heterocycles. The van der Waals surface area contributed by atoms with E-state index in [2.05, 4.69) is 22.9 Å². The maximum atomic E-state index is 13.6. The van der Waals surface area contributed by atoms with E-state index < -0.39 is 35.9 Å². The molecule has 2 aliphatic heterocycles. The third kappa shape index (κ3) is 13.8. The molecule has 2 fully saturated rings. The van der Waals surface area contributed by atoms with Gasteiger partial charge >= 0.3 is 5.97 Å². The van der Waals surface area contributed by atoms with Gasteiger partial charge in [-0.3, -0.25) is 24.0 Å². The third-order valence-electron chi connectivity index (χ3n) is 9.44. The van der Waals surface area contributed by atoms with Crippen molar-refractivity contribution in [3.8, 4) is 0 Å². The maximum Gasteiger partial charge on any atom is 0.326 e. The number of carbonyl (C=O) groups excluding carboxylic acids is 5. The summed E-state index contributed by atoms with van der Waals surface area (Å²) in [6.45, 7) is 3.25. The van der Waals surface area contributed by atoms with Crippen LogP contribution < -0.4 is 16.0 Å². The molecule has 1 aromatic rings. The second-order valence-electron chi connectivity index (χ2n) is 13.3. The van der Waals surface area contributed by atoms with Crippen LogP contribution in [-0.4, -0.2) is 94.7 Å². The van der Waals surface area contributed by atoms with E-state index in [9.17, 15) is 33.9 Å². The van der Waals surface area contributed by atoms with Crippen molar-refractivity contribution in [3.05, 3.63) is 35.9 Å². The van der Waals surface area contributed by atoms with Gasteiger partial charge < -0.3 is 30.9 Å². The van der Waals surface area contributed by atoms with E-state index in [0.29, 0.717) is 45.2 Å². The molecule has 2 aliphatic rings. The zero-order chi connectivity index (χ0) is 35.4. The van der Waals surface area contributed by atoms with E-state index in [1.807, 2.05) is 30.3 Å². The Labute approximate surface area is 291 Å². The fourth-order valence-corrected chi connectivity index (χ4v) is 6.68. The van der Waals surface area contributed by atoms with Gasteiger partial charge in [0.2, 0.25) is 29.5 Å². The van der Waals surface area contributed by atoms with Crippen LogP contribution in [0.5, 0.6) is 0 Å². The minimum atomic E-state index is -1.07. The Hall–Kier alpha value is -3.96. The normalized spacial score (nSPS) is 17.8. The summed E-state index contributed by atoms with van der Waals surface area (Å²) >= 11 is 0. The fraction of sp³-hybridized carbons (Fsp3) is 0.676. The molecule has 272 valence electrons.